The molecule has 0 fully saturated rings. The molecule has 0 aliphatic carbocycles. The highest BCUT2D eigenvalue weighted by molar-refractivity contribution is 9.10. The number of hydrogen-bond donors (Lipinski definition) is 2. The summed E-state index contributed by atoms with van der Waals surface area (Å²) in [7, 11) is 1.49. The number of nitrogens with zero attached hydrogens (tertiary/aromatic N) is 1. The Balaban J connectivity index is 1.82. The monoisotopic (exact) mass is 546 g/mol. The lowest BCUT2D eigenvalue weighted by atomic mass is 10.1. The number of anilines is 1. The lowest BCUT2D eigenvalue weighted by molar-refractivity contribution is -0.112. The van der Waals surface area contributed by atoms with E-state index in [2.05, 4.69) is 21.2 Å². The molecule has 0 saturated carbocycles. The molecule has 0 atom stereocenters. The number of nitrogens with one attached hydrogen (secondary N) is 1. The zero-order chi connectivity index (χ0) is 24.0. The first-order valence-corrected chi connectivity index (χ1v) is 11.0. The van der Waals surface area contributed by atoms with E-state index in [4.69, 9.17) is 32.7 Å². The van der Waals surface area contributed by atoms with Crippen molar-refractivity contribution in [1.29, 1.82) is 5.26 Å². The molecule has 1 amide bonds. The molecule has 0 aliphatic rings. The van der Waals surface area contributed by atoms with Gasteiger partial charge in [0, 0.05) is 25.8 Å². The molecule has 0 heterocycles. The van der Waals surface area contributed by atoms with Gasteiger partial charge < -0.3 is 19.9 Å². The molecule has 0 radical (unpaired) electrons. The first kappa shape index (κ1) is 24.5. The van der Waals surface area contributed by atoms with E-state index in [0.717, 1.165) is 5.56 Å². The molecule has 6 nitrogen and oxygen atoms in total. The third-order valence-electron chi connectivity index (χ3n) is 4.47. The van der Waals surface area contributed by atoms with E-state index in [1.54, 1.807) is 30.3 Å². The lowest BCUT2D eigenvalue weighted by Gasteiger charge is -2.14. The van der Waals surface area contributed by atoms with Crippen molar-refractivity contribution in [3.05, 3.63) is 85.8 Å². The third kappa shape index (κ3) is 6.42. The van der Waals surface area contributed by atoms with E-state index in [0.29, 0.717) is 37.3 Å². The number of methoxy groups -OCH3 is 1. The van der Waals surface area contributed by atoms with Crippen LogP contribution in [0.25, 0.3) is 6.08 Å². The number of nitriles is 1. The second-order valence-electron chi connectivity index (χ2n) is 6.72. The van der Waals surface area contributed by atoms with Gasteiger partial charge in [-0.3, -0.25) is 4.79 Å². The molecule has 0 aromatic heterocycles. The van der Waals surface area contributed by atoms with E-state index in [9.17, 15) is 15.2 Å². The van der Waals surface area contributed by atoms with Crippen LogP contribution in [0.3, 0.4) is 0 Å². The van der Waals surface area contributed by atoms with Crippen LogP contribution in [0.4, 0.5) is 5.69 Å². The third-order valence-corrected chi connectivity index (χ3v) is 5.75. The molecule has 9 heteroatoms. The number of amides is 1. The van der Waals surface area contributed by atoms with E-state index >= 15 is 0 Å². The largest absolute Gasteiger partial charge is 0.508 e. The molecule has 33 heavy (non-hydrogen) atoms. The first-order chi connectivity index (χ1) is 15.8. The normalized spacial score (nSPS) is 10.9. The molecular weight excluding hydrogens is 531 g/mol. The van der Waals surface area contributed by atoms with Crippen LogP contribution in [0.15, 0.2) is 64.6 Å². The molecular formula is C24H17BrCl2N2O4. The fourth-order valence-corrected chi connectivity index (χ4v) is 3.68. The highest BCUT2D eigenvalue weighted by Crippen LogP contribution is 2.35. The fourth-order valence-electron chi connectivity index (χ4n) is 2.78. The Morgan fingerprint density at radius 1 is 1.15 bits per heavy atom. The summed E-state index contributed by atoms with van der Waals surface area (Å²) in [6, 6.07) is 16.3. The van der Waals surface area contributed by atoms with Gasteiger partial charge in [-0.2, -0.15) is 5.26 Å². The summed E-state index contributed by atoms with van der Waals surface area (Å²) in [5.41, 5.74) is 1.62. The Morgan fingerprint density at radius 2 is 1.88 bits per heavy atom. The minimum Gasteiger partial charge on any atom is -0.508 e. The molecule has 2 N–H and O–H groups in total. The summed E-state index contributed by atoms with van der Waals surface area (Å²) in [5, 5.41) is 22.5. The predicted molar refractivity (Wildman–Crippen MR) is 132 cm³/mol. The van der Waals surface area contributed by atoms with Gasteiger partial charge in [0.05, 0.1) is 7.11 Å². The van der Waals surface area contributed by atoms with Crippen molar-refractivity contribution in [2.45, 2.75) is 6.61 Å². The Kier molecular flexibility index (Phi) is 8.23. The second-order valence-corrected chi connectivity index (χ2v) is 8.42. The zero-order valence-electron chi connectivity index (χ0n) is 17.2. The number of carbonyl (C=O) groups is 1. The van der Waals surface area contributed by atoms with Crippen molar-refractivity contribution in [3.63, 3.8) is 0 Å². The van der Waals surface area contributed by atoms with Crippen molar-refractivity contribution < 1.29 is 19.4 Å². The van der Waals surface area contributed by atoms with Crippen molar-refractivity contribution in [2.75, 3.05) is 12.4 Å². The number of aromatic hydroxyl groups is 1. The maximum absolute atomic E-state index is 12.5. The average molecular weight is 548 g/mol. The molecule has 0 unspecified atom stereocenters. The van der Waals surface area contributed by atoms with Gasteiger partial charge in [-0.25, -0.2) is 0 Å². The van der Waals surface area contributed by atoms with E-state index < -0.39 is 5.91 Å². The molecule has 0 aliphatic heterocycles. The summed E-state index contributed by atoms with van der Waals surface area (Å²) >= 11 is 15.6. The number of hydrogen-bond acceptors (Lipinski definition) is 5. The van der Waals surface area contributed by atoms with Crippen molar-refractivity contribution >= 4 is 56.8 Å². The van der Waals surface area contributed by atoms with Crippen molar-refractivity contribution in [1.82, 2.24) is 0 Å². The standard InChI is InChI=1S/C24H17BrCl2N2O4/c1-32-22-9-15(8-16(12-28)24(31)29-18-4-6-19(30)7-5-18)20(25)11-23(22)33-13-14-2-3-17(26)10-21(14)27/h2-11,30H,13H2,1H3,(H,29,31)/b16-8+. The van der Waals surface area contributed by atoms with Gasteiger partial charge in [-0.15, -0.1) is 0 Å². The highest BCUT2D eigenvalue weighted by atomic mass is 79.9. The van der Waals surface area contributed by atoms with Gasteiger partial charge in [-0.05, 0) is 60.2 Å². The number of halogens is 3. The minimum atomic E-state index is -0.591. The summed E-state index contributed by atoms with van der Waals surface area (Å²) in [5.74, 6) is 0.331. The summed E-state index contributed by atoms with van der Waals surface area (Å²) in [4.78, 5) is 12.5. The molecule has 168 valence electrons. The number of ether oxygens (including phenoxy) is 2. The topological polar surface area (TPSA) is 91.6 Å². The SMILES string of the molecule is COc1cc(/C=C(\C#N)C(=O)Nc2ccc(O)cc2)c(Br)cc1OCc1ccc(Cl)cc1Cl. The van der Waals surface area contributed by atoms with Crippen LogP contribution in [0.2, 0.25) is 10.0 Å². The van der Waals surface area contributed by atoms with Gasteiger partial charge in [0.15, 0.2) is 11.5 Å². The van der Waals surface area contributed by atoms with Crippen molar-refractivity contribution in [3.8, 4) is 23.3 Å². The Morgan fingerprint density at radius 3 is 2.52 bits per heavy atom. The van der Waals surface area contributed by atoms with Crippen LogP contribution in [0.5, 0.6) is 17.2 Å². The Labute approximate surface area is 209 Å². The van der Waals surface area contributed by atoms with Crippen LogP contribution in [0.1, 0.15) is 11.1 Å². The Bertz CT molecular complexity index is 1250. The maximum Gasteiger partial charge on any atom is 0.266 e. The summed E-state index contributed by atoms with van der Waals surface area (Å²) < 4.78 is 11.9. The molecule has 3 rings (SSSR count). The second kappa shape index (κ2) is 11.1. The number of phenolic OH excluding ortho intramolecular Hbond substituents is 1. The zero-order valence-corrected chi connectivity index (χ0v) is 20.3. The Hall–Kier alpha value is -3.18. The molecule has 3 aromatic carbocycles. The molecule has 3 aromatic rings. The van der Waals surface area contributed by atoms with Gasteiger partial charge in [0.1, 0.15) is 24.0 Å². The number of rotatable bonds is 7. The van der Waals surface area contributed by atoms with Gasteiger partial charge in [-0.1, -0.05) is 45.2 Å². The molecule has 0 spiro atoms. The predicted octanol–water partition coefficient (Wildman–Crippen LogP) is 6.59. The maximum atomic E-state index is 12.5. The summed E-state index contributed by atoms with van der Waals surface area (Å²) in [6.45, 7) is 0.187. The number of benzene rings is 3. The van der Waals surface area contributed by atoms with Crippen LogP contribution in [-0.4, -0.2) is 18.1 Å². The van der Waals surface area contributed by atoms with E-state index in [1.807, 2.05) is 6.07 Å². The number of carbonyl (C=O) groups excluding carboxylic acids is 1. The van der Waals surface area contributed by atoms with E-state index in [-0.39, 0.29) is 17.9 Å². The first-order valence-electron chi connectivity index (χ1n) is 9.47. The van der Waals surface area contributed by atoms with Gasteiger partial charge in [0.25, 0.3) is 5.91 Å². The van der Waals surface area contributed by atoms with Crippen LogP contribution in [0, 0.1) is 11.3 Å². The molecule has 0 saturated heterocycles. The van der Waals surface area contributed by atoms with E-state index in [1.165, 1.54) is 37.5 Å². The summed E-state index contributed by atoms with van der Waals surface area (Å²) in [6.07, 6.45) is 1.43. The van der Waals surface area contributed by atoms with Crippen LogP contribution >= 0.6 is 39.1 Å². The quantitative estimate of drug-likeness (QED) is 0.198. The average Bonchev–Trinajstić information content (AvgIpc) is 2.79. The van der Waals surface area contributed by atoms with Crippen molar-refractivity contribution in [2.24, 2.45) is 0 Å². The lowest BCUT2D eigenvalue weighted by Crippen LogP contribution is -2.13. The number of phenols is 1. The van der Waals surface area contributed by atoms with Gasteiger partial charge >= 0.3 is 0 Å². The molecule has 0 bridgehead atoms. The fraction of sp³-hybridized carbons (Fsp3) is 0.0833. The highest BCUT2D eigenvalue weighted by Gasteiger charge is 2.14. The van der Waals surface area contributed by atoms with Crippen LogP contribution < -0.4 is 14.8 Å². The minimum absolute atomic E-state index is 0.0701. The van der Waals surface area contributed by atoms with Gasteiger partial charge in [0.2, 0.25) is 0 Å². The smallest absolute Gasteiger partial charge is 0.266 e. The van der Waals surface area contributed by atoms with Crippen LogP contribution in [-0.2, 0) is 11.4 Å².